The van der Waals surface area contributed by atoms with Gasteiger partial charge in [-0.15, -0.1) is 0 Å². The van der Waals surface area contributed by atoms with Gasteiger partial charge in [-0.25, -0.2) is 4.90 Å². The maximum atomic E-state index is 11.4. The summed E-state index contributed by atoms with van der Waals surface area (Å²) in [7, 11) is 0. The Morgan fingerprint density at radius 3 is 2.60 bits per heavy atom. The van der Waals surface area contributed by atoms with Crippen LogP contribution >= 0.6 is 0 Å². The molecule has 5 heteroatoms. The fraction of sp³-hybridized carbons (Fsp3) is 0.500. The molecule has 0 aromatic heterocycles. The lowest BCUT2D eigenvalue weighted by Crippen LogP contribution is -2.41. The van der Waals surface area contributed by atoms with Crippen LogP contribution in [0.25, 0.3) is 0 Å². The van der Waals surface area contributed by atoms with Gasteiger partial charge >= 0.3 is 5.97 Å². The van der Waals surface area contributed by atoms with Gasteiger partial charge in [0.2, 0.25) is 12.1 Å². The SMILES string of the molecule is CCC(=O)O[C@H]1C=CC(=O)N1C(=O)CC. The number of rotatable bonds is 3. The number of ether oxygens (including phenoxy) is 1. The van der Waals surface area contributed by atoms with Crippen molar-refractivity contribution in [2.75, 3.05) is 0 Å². The van der Waals surface area contributed by atoms with Crippen molar-refractivity contribution in [2.45, 2.75) is 32.9 Å². The molecule has 2 amide bonds. The van der Waals surface area contributed by atoms with Crippen LogP contribution in [-0.4, -0.2) is 28.9 Å². The number of nitrogens with zero attached hydrogens (tertiary/aromatic N) is 1. The van der Waals surface area contributed by atoms with Gasteiger partial charge in [0.1, 0.15) is 0 Å². The average Bonchev–Trinajstić information content (AvgIpc) is 2.58. The van der Waals surface area contributed by atoms with Crippen molar-refractivity contribution in [1.82, 2.24) is 4.90 Å². The van der Waals surface area contributed by atoms with E-state index in [1.807, 2.05) is 0 Å². The number of carbonyl (C=O) groups excluding carboxylic acids is 3. The van der Waals surface area contributed by atoms with Gasteiger partial charge < -0.3 is 4.74 Å². The largest absolute Gasteiger partial charge is 0.437 e. The van der Waals surface area contributed by atoms with Crippen LogP contribution in [0.2, 0.25) is 0 Å². The molecular formula is C10H13NO4. The quantitative estimate of drug-likeness (QED) is 0.641. The van der Waals surface area contributed by atoms with Gasteiger partial charge in [-0.2, -0.15) is 0 Å². The summed E-state index contributed by atoms with van der Waals surface area (Å²) in [5.41, 5.74) is 0. The molecule has 0 spiro atoms. The molecule has 1 rings (SSSR count). The molecule has 0 fully saturated rings. The molecule has 5 nitrogen and oxygen atoms in total. The van der Waals surface area contributed by atoms with Crippen LogP contribution in [0.15, 0.2) is 12.2 Å². The highest BCUT2D eigenvalue weighted by molar-refractivity contribution is 6.03. The molecule has 0 saturated carbocycles. The van der Waals surface area contributed by atoms with Gasteiger partial charge in [-0.05, 0) is 6.08 Å². The van der Waals surface area contributed by atoms with Crippen LogP contribution in [0.3, 0.4) is 0 Å². The molecule has 0 aromatic rings. The van der Waals surface area contributed by atoms with Gasteiger partial charge in [0.05, 0.1) is 0 Å². The highest BCUT2D eigenvalue weighted by Gasteiger charge is 2.32. The zero-order valence-electron chi connectivity index (χ0n) is 8.73. The van der Waals surface area contributed by atoms with E-state index >= 15 is 0 Å². The Bertz CT molecular complexity index is 321. The zero-order valence-corrected chi connectivity index (χ0v) is 8.73. The Kier molecular flexibility index (Phi) is 3.60. The van der Waals surface area contributed by atoms with Crippen molar-refractivity contribution < 1.29 is 19.1 Å². The third-order valence-corrected chi connectivity index (χ3v) is 2.01. The lowest BCUT2D eigenvalue weighted by atomic mass is 10.4. The summed E-state index contributed by atoms with van der Waals surface area (Å²) in [6.45, 7) is 3.29. The summed E-state index contributed by atoms with van der Waals surface area (Å²) < 4.78 is 4.92. The first-order valence-electron chi connectivity index (χ1n) is 4.83. The van der Waals surface area contributed by atoms with E-state index in [1.54, 1.807) is 13.8 Å². The first-order valence-corrected chi connectivity index (χ1v) is 4.83. The standard InChI is InChI=1S/C10H13NO4/c1-3-7(12)11-8(13)5-6-9(11)15-10(14)4-2/h5-6,9H,3-4H2,1-2H3/t9-/m0/s1. The molecule has 0 aliphatic carbocycles. The van der Waals surface area contributed by atoms with E-state index in [4.69, 9.17) is 4.74 Å². The smallest absolute Gasteiger partial charge is 0.307 e. The second kappa shape index (κ2) is 4.72. The maximum absolute atomic E-state index is 11.4. The van der Waals surface area contributed by atoms with E-state index in [-0.39, 0.29) is 18.7 Å². The van der Waals surface area contributed by atoms with Crippen LogP contribution in [0.1, 0.15) is 26.7 Å². The van der Waals surface area contributed by atoms with Crippen molar-refractivity contribution in [1.29, 1.82) is 0 Å². The molecule has 1 aliphatic rings. The Morgan fingerprint density at radius 2 is 2.07 bits per heavy atom. The Hall–Kier alpha value is -1.65. The molecule has 1 aliphatic heterocycles. The zero-order chi connectivity index (χ0) is 11.4. The number of amides is 2. The van der Waals surface area contributed by atoms with E-state index in [0.717, 1.165) is 4.90 Å². The Balaban J connectivity index is 2.71. The van der Waals surface area contributed by atoms with Crippen molar-refractivity contribution in [3.8, 4) is 0 Å². The molecule has 0 saturated heterocycles. The highest BCUT2D eigenvalue weighted by Crippen LogP contribution is 2.14. The molecule has 82 valence electrons. The van der Waals surface area contributed by atoms with E-state index in [9.17, 15) is 14.4 Å². The average molecular weight is 211 g/mol. The van der Waals surface area contributed by atoms with Gasteiger partial charge in [0.15, 0.2) is 0 Å². The van der Waals surface area contributed by atoms with Gasteiger partial charge in [0.25, 0.3) is 5.91 Å². The molecule has 0 N–H and O–H groups in total. The van der Waals surface area contributed by atoms with Gasteiger partial charge in [-0.3, -0.25) is 14.4 Å². The number of esters is 1. The van der Waals surface area contributed by atoms with Crippen LogP contribution in [0, 0.1) is 0 Å². The highest BCUT2D eigenvalue weighted by atomic mass is 16.6. The van der Waals surface area contributed by atoms with E-state index in [1.165, 1.54) is 12.2 Å². The molecule has 0 radical (unpaired) electrons. The summed E-state index contributed by atoms with van der Waals surface area (Å²) in [6.07, 6.45) is 2.20. The second-order valence-electron chi connectivity index (χ2n) is 3.05. The fourth-order valence-corrected chi connectivity index (χ4v) is 1.20. The lowest BCUT2D eigenvalue weighted by Gasteiger charge is -2.21. The number of hydrogen-bond acceptors (Lipinski definition) is 4. The van der Waals surface area contributed by atoms with E-state index in [0.29, 0.717) is 0 Å². The molecule has 15 heavy (non-hydrogen) atoms. The Labute approximate surface area is 87.7 Å². The van der Waals surface area contributed by atoms with Crippen molar-refractivity contribution in [2.24, 2.45) is 0 Å². The maximum Gasteiger partial charge on any atom is 0.307 e. The summed E-state index contributed by atoms with van der Waals surface area (Å²) in [5, 5.41) is 0. The van der Waals surface area contributed by atoms with Crippen LogP contribution in [0.4, 0.5) is 0 Å². The van der Waals surface area contributed by atoms with Crippen molar-refractivity contribution in [3.63, 3.8) is 0 Å². The fourth-order valence-electron chi connectivity index (χ4n) is 1.20. The topological polar surface area (TPSA) is 63.7 Å². The monoisotopic (exact) mass is 211 g/mol. The number of carbonyl (C=O) groups is 3. The minimum atomic E-state index is -0.864. The molecular weight excluding hydrogens is 198 g/mol. The van der Waals surface area contributed by atoms with Crippen LogP contribution < -0.4 is 0 Å². The van der Waals surface area contributed by atoms with Gasteiger partial charge in [-0.1, -0.05) is 13.8 Å². The predicted octanol–water partition coefficient (Wildman–Crippen LogP) is 0.601. The summed E-state index contributed by atoms with van der Waals surface area (Å²) in [4.78, 5) is 34.6. The summed E-state index contributed by atoms with van der Waals surface area (Å²) in [6, 6.07) is 0. The van der Waals surface area contributed by atoms with Crippen molar-refractivity contribution in [3.05, 3.63) is 12.2 Å². The molecule has 1 atom stereocenters. The minimum absolute atomic E-state index is 0.202. The molecule has 0 unspecified atom stereocenters. The van der Waals surface area contributed by atoms with Crippen molar-refractivity contribution >= 4 is 17.8 Å². The number of hydrogen-bond donors (Lipinski definition) is 0. The molecule has 1 heterocycles. The van der Waals surface area contributed by atoms with Crippen LogP contribution in [0.5, 0.6) is 0 Å². The first-order chi connectivity index (χ1) is 7.10. The lowest BCUT2D eigenvalue weighted by molar-refractivity contribution is -0.162. The second-order valence-corrected chi connectivity index (χ2v) is 3.05. The minimum Gasteiger partial charge on any atom is -0.437 e. The summed E-state index contributed by atoms with van der Waals surface area (Å²) >= 11 is 0. The molecule has 0 aromatic carbocycles. The Morgan fingerprint density at radius 1 is 1.40 bits per heavy atom. The summed E-state index contributed by atoms with van der Waals surface area (Å²) in [5.74, 6) is -1.22. The van der Waals surface area contributed by atoms with Gasteiger partial charge in [0, 0.05) is 18.9 Å². The predicted molar refractivity (Wildman–Crippen MR) is 51.5 cm³/mol. The van der Waals surface area contributed by atoms with E-state index < -0.39 is 18.1 Å². The normalized spacial score (nSPS) is 19.5. The third-order valence-electron chi connectivity index (χ3n) is 2.01. The molecule has 0 bridgehead atoms. The third kappa shape index (κ3) is 2.43. The number of imide groups is 1. The van der Waals surface area contributed by atoms with Crippen LogP contribution in [-0.2, 0) is 19.1 Å². The van der Waals surface area contributed by atoms with E-state index in [2.05, 4.69) is 0 Å². The first kappa shape index (κ1) is 11.4.